The van der Waals surface area contributed by atoms with Crippen molar-refractivity contribution in [2.75, 3.05) is 32.8 Å². The second-order valence-corrected chi connectivity index (χ2v) is 7.23. The first-order valence-electron chi connectivity index (χ1n) is 9.37. The fourth-order valence-corrected chi connectivity index (χ4v) is 3.92. The lowest BCUT2D eigenvalue weighted by Crippen LogP contribution is -2.40. The molecule has 2 aliphatic rings. The fraction of sp³-hybridized carbons (Fsp3) is 0.450. The number of hydrogen-bond acceptors (Lipinski definition) is 5. The van der Waals surface area contributed by atoms with E-state index in [1.807, 2.05) is 12.1 Å². The van der Waals surface area contributed by atoms with Crippen LogP contribution in [0.2, 0.25) is 5.02 Å². The number of nitrogens with one attached hydrogen (secondary N) is 1. The molecule has 7 heteroatoms. The van der Waals surface area contributed by atoms with Crippen molar-refractivity contribution in [1.82, 2.24) is 10.2 Å². The van der Waals surface area contributed by atoms with E-state index >= 15 is 0 Å². The van der Waals surface area contributed by atoms with Gasteiger partial charge in [0.15, 0.2) is 11.5 Å². The highest BCUT2D eigenvalue weighted by Gasteiger charge is 2.26. The maximum Gasteiger partial charge on any atom is 0.251 e. The lowest BCUT2D eigenvalue weighted by molar-refractivity contribution is 0.0913. The number of rotatable bonds is 5. The first-order chi connectivity index (χ1) is 13.2. The van der Waals surface area contributed by atoms with Crippen LogP contribution in [0, 0.1) is 0 Å². The summed E-state index contributed by atoms with van der Waals surface area (Å²) in [4.78, 5) is 15.1. The van der Waals surface area contributed by atoms with Gasteiger partial charge in [0.2, 0.25) is 0 Å². The highest BCUT2D eigenvalue weighted by Crippen LogP contribution is 2.38. The number of furan rings is 1. The minimum atomic E-state index is -0.192. The standard InChI is InChI=1S/C20H23ClN2O4/c21-15-11-14(12-18-19(15)27-10-9-26-18)20(24)22-13-16(17-5-4-8-25-17)23-6-2-1-3-7-23/h4-5,8,11-12,16H,1-3,6-7,9-10,13H2,(H,22,24). The molecule has 6 nitrogen and oxygen atoms in total. The first-order valence-corrected chi connectivity index (χ1v) is 9.75. The number of benzene rings is 1. The number of halogens is 1. The van der Waals surface area contributed by atoms with Gasteiger partial charge >= 0.3 is 0 Å². The molecule has 0 aliphatic carbocycles. The van der Waals surface area contributed by atoms with E-state index in [1.54, 1.807) is 18.4 Å². The van der Waals surface area contributed by atoms with Gasteiger partial charge in [0.05, 0.1) is 17.3 Å². The van der Waals surface area contributed by atoms with Gasteiger partial charge in [-0.3, -0.25) is 9.69 Å². The molecule has 3 heterocycles. The second-order valence-electron chi connectivity index (χ2n) is 6.82. The molecule has 2 aromatic rings. The number of nitrogens with zero attached hydrogens (tertiary/aromatic N) is 1. The maximum absolute atomic E-state index is 12.7. The molecule has 4 rings (SSSR count). The maximum atomic E-state index is 12.7. The molecule has 1 saturated heterocycles. The summed E-state index contributed by atoms with van der Waals surface area (Å²) in [6, 6.07) is 7.17. The van der Waals surface area contributed by atoms with Crippen LogP contribution in [-0.2, 0) is 0 Å². The van der Waals surface area contributed by atoms with Crippen molar-refractivity contribution in [2.45, 2.75) is 25.3 Å². The molecule has 1 atom stereocenters. The zero-order valence-electron chi connectivity index (χ0n) is 15.1. The number of hydrogen-bond donors (Lipinski definition) is 1. The van der Waals surface area contributed by atoms with Crippen LogP contribution in [0.3, 0.4) is 0 Å². The van der Waals surface area contributed by atoms with Crippen molar-refractivity contribution in [3.63, 3.8) is 0 Å². The van der Waals surface area contributed by atoms with Crippen molar-refractivity contribution in [2.24, 2.45) is 0 Å². The summed E-state index contributed by atoms with van der Waals surface area (Å²) >= 11 is 6.25. The second kappa shape index (κ2) is 8.23. The summed E-state index contributed by atoms with van der Waals surface area (Å²) in [6.45, 7) is 3.40. The molecule has 1 unspecified atom stereocenters. The first kappa shape index (κ1) is 18.2. The highest BCUT2D eigenvalue weighted by molar-refractivity contribution is 6.32. The largest absolute Gasteiger partial charge is 0.486 e. The van der Waals surface area contributed by atoms with Gasteiger partial charge < -0.3 is 19.2 Å². The summed E-state index contributed by atoms with van der Waals surface area (Å²) in [5, 5.41) is 3.41. The molecule has 1 fully saturated rings. The van der Waals surface area contributed by atoms with Crippen LogP contribution in [-0.4, -0.2) is 43.7 Å². The van der Waals surface area contributed by atoms with Gasteiger partial charge in [0.1, 0.15) is 19.0 Å². The Kier molecular flexibility index (Phi) is 5.55. The van der Waals surface area contributed by atoms with Crippen LogP contribution in [0.4, 0.5) is 0 Å². The van der Waals surface area contributed by atoms with Crippen LogP contribution < -0.4 is 14.8 Å². The Hall–Kier alpha value is -2.18. The third-order valence-electron chi connectivity index (χ3n) is 5.02. The number of carbonyl (C=O) groups excluding carboxylic acids is 1. The van der Waals surface area contributed by atoms with Crippen LogP contribution in [0.25, 0.3) is 0 Å². The van der Waals surface area contributed by atoms with E-state index in [2.05, 4.69) is 10.2 Å². The molecule has 1 aromatic carbocycles. The Morgan fingerprint density at radius 2 is 2.00 bits per heavy atom. The molecule has 1 N–H and O–H groups in total. The number of likely N-dealkylation sites (tertiary alicyclic amines) is 1. The highest BCUT2D eigenvalue weighted by atomic mass is 35.5. The summed E-state index contributed by atoms with van der Waals surface area (Å²) < 4.78 is 16.7. The predicted octanol–water partition coefficient (Wildman–Crippen LogP) is 3.66. The Labute approximate surface area is 163 Å². The quantitative estimate of drug-likeness (QED) is 0.844. The van der Waals surface area contributed by atoms with E-state index in [4.69, 9.17) is 25.5 Å². The topological polar surface area (TPSA) is 63.9 Å². The predicted molar refractivity (Wildman–Crippen MR) is 102 cm³/mol. The lowest BCUT2D eigenvalue weighted by Gasteiger charge is -2.33. The average molecular weight is 391 g/mol. The number of fused-ring (bicyclic) bond motifs is 1. The molecule has 0 bridgehead atoms. The van der Waals surface area contributed by atoms with Crippen LogP contribution in [0.1, 0.15) is 41.4 Å². The Morgan fingerprint density at radius 1 is 1.19 bits per heavy atom. The minimum Gasteiger partial charge on any atom is -0.486 e. The molecule has 0 saturated carbocycles. The van der Waals surface area contributed by atoms with E-state index < -0.39 is 0 Å². The molecule has 0 spiro atoms. The summed E-state index contributed by atoms with van der Waals surface area (Å²) in [5.74, 6) is 1.69. The van der Waals surface area contributed by atoms with Gasteiger partial charge in [-0.2, -0.15) is 0 Å². The van der Waals surface area contributed by atoms with Crippen molar-refractivity contribution in [3.05, 3.63) is 46.9 Å². The zero-order chi connectivity index (χ0) is 18.6. The SMILES string of the molecule is O=C(NCC(c1ccco1)N1CCCCC1)c1cc(Cl)c2c(c1)OCCO2. The van der Waals surface area contributed by atoms with Crippen LogP contribution in [0.15, 0.2) is 34.9 Å². The van der Waals surface area contributed by atoms with E-state index in [0.29, 0.717) is 41.8 Å². The monoisotopic (exact) mass is 390 g/mol. The number of ether oxygens (including phenoxy) is 2. The number of carbonyl (C=O) groups is 1. The van der Waals surface area contributed by atoms with Crippen molar-refractivity contribution in [3.8, 4) is 11.5 Å². The van der Waals surface area contributed by atoms with Gasteiger partial charge in [0.25, 0.3) is 5.91 Å². The van der Waals surface area contributed by atoms with E-state index in [1.165, 1.54) is 19.3 Å². The van der Waals surface area contributed by atoms with Gasteiger partial charge in [-0.1, -0.05) is 18.0 Å². The normalized spacial score (nSPS) is 18.1. The van der Waals surface area contributed by atoms with Gasteiger partial charge in [-0.05, 0) is 50.2 Å². The lowest BCUT2D eigenvalue weighted by atomic mass is 10.1. The number of amides is 1. The van der Waals surface area contributed by atoms with E-state index in [-0.39, 0.29) is 11.9 Å². The Morgan fingerprint density at radius 3 is 2.78 bits per heavy atom. The Bertz CT molecular complexity index is 788. The molecule has 1 amide bonds. The van der Waals surface area contributed by atoms with Crippen molar-refractivity contribution < 1.29 is 18.7 Å². The summed E-state index contributed by atoms with van der Waals surface area (Å²) in [5.41, 5.74) is 0.459. The van der Waals surface area contributed by atoms with Gasteiger partial charge in [-0.25, -0.2) is 0 Å². The third kappa shape index (κ3) is 4.06. The van der Waals surface area contributed by atoms with Crippen LogP contribution >= 0.6 is 11.6 Å². The van der Waals surface area contributed by atoms with Gasteiger partial charge in [-0.15, -0.1) is 0 Å². The van der Waals surface area contributed by atoms with Crippen LogP contribution in [0.5, 0.6) is 11.5 Å². The van der Waals surface area contributed by atoms with Crippen molar-refractivity contribution >= 4 is 17.5 Å². The minimum absolute atomic E-state index is 0.0249. The third-order valence-corrected chi connectivity index (χ3v) is 5.30. The molecular weight excluding hydrogens is 368 g/mol. The molecule has 1 aromatic heterocycles. The Balaban J connectivity index is 1.47. The fourth-order valence-electron chi connectivity index (χ4n) is 3.65. The van der Waals surface area contributed by atoms with Crippen molar-refractivity contribution in [1.29, 1.82) is 0 Å². The average Bonchev–Trinajstić information content (AvgIpc) is 3.23. The smallest absolute Gasteiger partial charge is 0.251 e. The molecule has 144 valence electrons. The molecular formula is C20H23ClN2O4. The van der Waals surface area contributed by atoms with E-state index in [9.17, 15) is 4.79 Å². The zero-order valence-corrected chi connectivity index (χ0v) is 15.8. The molecule has 27 heavy (non-hydrogen) atoms. The van der Waals surface area contributed by atoms with Gasteiger partial charge in [0, 0.05) is 12.1 Å². The van der Waals surface area contributed by atoms with E-state index in [0.717, 1.165) is 18.8 Å². The summed E-state index contributed by atoms with van der Waals surface area (Å²) in [6.07, 6.45) is 5.27. The number of piperidine rings is 1. The summed E-state index contributed by atoms with van der Waals surface area (Å²) in [7, 11) is 0. The molecule has 0 radical (unpaired) electrons. The molecule has 2 aliphatic heterocycles.